The number of hydrogen-bond acceptors (Lipinski definition) is 5. The van der Waals surface area contributed by atoms with Gasteiger partial charge in [0.25, 0.3) is 0 Å². The van der Waals surface area contributed by atoms with E-state index in [1.165, 1.54) is 22.0 Å². The summed E-state index contributed by atoms with van der Waals surface area (Å²) >= 11 is 1.87. The van der Waals surface area contributed by atoms with Gasteiger partial charge in [0.05, 0.1) is 25.5 Å². The second kappa shape index (κ2) is 8.08. The van der Waals surface area contributed by atoms with Crippen LogP contribution in [0, 0.1) is 0 Å². The topological polar surface area (TPSA) is 37.4 Å². The Labute approximate surface area is 126 Å². The molecule has 0 radical (unpaired) electrons. The first-order valence-electron chi connectivity index (χ1n) is 7.73. The Balaban J connectivity index is 1.94. The Hall–Kier alpha value is -0.490. The second-order valence-corrected chi connectivity index (χ2v) is 6.58. The van der Waals surface area contributed by atoms with Crippen LogP contribution in [0.1, 0.15) is 42.8 Å². The van der Waals surface area contributed by atoms with Gasteiger partial charge in [0.15, 0.2) is 0 Å². The number of morpholine rings is 1. The number of nitrogens with one attached hydrogen (secondary N) is 1. The van der Waals surface area contributed by atoms with Gasteiger partial charge in [-0.05, 0) is 19.8 Å². The quantitative estimate of drug-likeness (QED) is 0.839. The Morgan fingerprint density at radius 1 is 1.35 bits per heavy atom. The zero-order valence-electron chi connectivity index (χ0n) is 12.9. The molecule has 0 saturated carbocycles. The highest BCUT2D eigenvalue weighted by atomic mass is 32.1. The zero-order chi connectivity index (χ0) is 14.4. The number of aryl methyl sites for hydroxylation is 1. The van der Waals surface area contributed by atoms with Crippen LogP contribution in [0.3, 0.4) is 0 Å². The average molecular weight is 297 g/mol. The monoisotopic (exact) mass is 297 g/mol. The molecule has 1 atom stereocenters. The van der Waals surface area contributed by atoms with Crippen LogP contribution in [0.25, 0.3) is 0 Å². The number of rotatable bonds is 7. The van der Waals surface area contributed by atoms with Crippen molar-refractivity contribution in [3.05, 3.63) is 15.6 Å². The molecule has 114 valence electrons. The van der Waals surface area contributed by atoms with Gasteiger partial charge in [0, 0.05) is 30.6 Å². The van der Waals surface area contributed by atoms with Crippen molar-refractivity contribution in [2.45, 2.75) is 52.7 Å². The summed E-state index contributed by atoms with van der Waals surface area (Å²) in [5.41, 5.74) is 1.27. The van der Waals surface area contributed by atoms with Crippen LogP contribution in [-0.2, 0) is 24.2 Å². The molecule has 0 aromatic carbocycles. The summed E-state index contributed by atoms with van der Waals surface area (Å²) < 4.78 is 5.40. The highest BCUT2D eigenvalue weighted by Crippen LogP contribution is 2.21. The number of hydrogen-bond donors (Lipinski definition) is 1. The second-order valence-electron chi connectivity index (χ2n) is 5.41. The van der Waals surface area contributed by atoms with Crippen LogP contribution in [0.15, 0.2) is 0 Å². The first kappa shape index (κ1) is 15.9. The summed E-state index contributed by atoms with van der Waals surface area (Å²) in [5, 5.41) is 4.83. The van der Waals surface area contributed by atoms with Gasteiger partial charge in [-0.1, -0.05) is 13.8 Å². The minimum Gasteiger partial charge on any atom is -0.379 e. The first-order chi connectivity index (χ1) is 9.72. The fourth-order valence-electron chi connectivity index (χ4n) is 2.28. The van der Waals surface area contributed by atoms with E-state index in [1.807, 2.05) is 11.3 Å². The first-order valence-corrected chi connectivity index (χ1v) is 8.55. The molecule has 1 aromatic heterocycles. The molecule has 4 nitrogen and oxygen atoms in total. The van der Waals surface area contributed by atoms with Crippen LogP contribution >= 0.6 is 11.3 Å². The van der Waals surface area contributed by atoms with Crippen molar-refractivity contribution in [3.8, 4) is 0 Å². The lowest BCUT2D eigenvalue weighted by atomic mass is 10.2. The molecule has 0 bridgehead atoms. The van der Waals surface area contributed by atoms with Crippen LogP contribution in [0.5, 0.6) is 0 Å². The molecule has 0 aliphatic carbocycles. The molecule has 0 amide bonds. The van der Waals surface area contributed by atoms with E-state index in [1.54, 1.807) is 0 Å². The van der Waals surface area contributed by atoms with E-state index in [9.17, 15) is 0 Å². The maximum Gasteiger partial charge on any atom is 0.107 e. The van der Waals surface area contributed by atoms with Crippen molar-refractivity contribution in [3.63, 3.8) is 0 Å². The Morgan fingerprint density at radius 2 is 2.10 bits per heavy atom. The minimum atomic E-state index is 0.574. The molecule has 1 unspecified atom stereocenters. The predicted octanol–water partition coefficient (Wildman–Crippen LogP) is 2.43. The maximum atomic E-state index is 5.40. The van der Waals surface area contributed by atoms with Gasteiger partial charge in [0.1, 0.15) is 5.01 Å². The third kappa shape index (κ3) is 4.52. The van der Waals surface area contributed by atoms with Crippen molar-refractivity contribution in [2.75, 3.05) is 26.3 Å². The normalized spacial score (nSPS) is 18.4. The molecule has 1 aliphatic heterocycles. The van der Waals surface area contributed by atoms with Gasteiger partial charge in [-0.15, -0.1) is 11.3 Å². The van der Waals surface area contributed by atoms with E-state index in [0.29, 0.717) is 6.04 Å². The maximum absolute atomic E-state index is 5.40. The van der Waals surface area contributed by atoms with Gasteiger partial charge in [-0.3, -0.25) is 4.90 Å². The van der Waals surface area contributed by atoms with E-state index in [4.69, 9.17) is 9.72 Å². The van der Waals surface area contributed by atoms with Crippen molar-refractivity contribution < 1.29 is 4.74 Å². The number of thiazole rings is 1. The molecule has 1 aromatic rings. The van der Waals surface area contributed by atoms with Crippen molar-refractivity contribution in [2.24, 2.45) is 0 Å². The molecule has 1 aliphatic rings. The van der Waals surface area contributed by atoms with Crippen molar-refractivity contribution in [1.82, 2.24) is 15.2 Å². The van der Waals surface area contributed by atoms with E-state index >= 15 is 0 Å². The smallest absolute Gasteiger partial charge is 0.107 e. The summed E-state index contributed by atoms with van der Waals surface area (Å²) in [5.74, 6) is 0. The molecule has 2 heterocycles. The Kier molecular flexibility index (Phi) is 6.42. The van der Waals surface area contributed by atoms with Crippen LogP contribution < -0.4 is 5.32 Å². The van der Waals surface area contributed by atoms with E-state index in [2.05, 4.69) is 31.0 Å². The fraction of sp³-hybridized carbons (Fsp3) is 0.800. The lowest BCUT2D eigenvalue weighted by molar-refractivity contribution is 0.0341. The molecule has 0 spiro atoms. The number of nitrogens with zero attached hydrogens (tertiary/aromatic N) is 2. The van der Waals surface area contributed by atoms with E-state index in [0.717, 1.165) is 45.8 Å². The zero-order valence-corrected chi connectivity index (χ0v) is 13.8. The van der Waals surface area contributed by atoms with E-state index < -0.39 is 0 Å². The molecular weight excluding hydrogens is 270 g/mol. The molecule has 5 heteroatoms. The summed E-state index contributed by atoms with van der Waals surface area (Å²) in [4.78, 5) is 8.67. The molecule has 20 heavy (non-hydrogen) atoms. The molecule has 1 fully saturated rings. The standard InChI is InChI=1S/C15H27N3OS/c1-4-12(3)16-10-14-13(5-2)17-15(20-14)11-18-6-8-19-9-7-18/h12,16H,4-11H2,1-3H3. The summed E-state index contributed by atoms with van der Waals surface area (Å²) in [6, 6.07) is 0.574. The van der Waals surface area contributed by atoms with Gasteiger partial charge in [-0.25, -0.2) is 4.98 Å². The van der Waals surface area contributed by atoms with Gasteiger partial charge < -0.3 is 10.1 Å². The van der Waals surface area contributed by atoms with Crippen LogP contribution in [0.2, 0.25) is 0 Å². The van der Waals surface area contributed by atoms with Gasteiger partial charge >= 0.3 is 0 Å². The largest absolute Gasteiger partial charge is 0.379 e. The van der Waals surface area contributed by atoms with Crippen LogP contribution in [-0.4, -0.2) is 42.2 Å². The molecular formula is C15H27N3OS. The molecule has 1 saturated heterocycles. The summed E-state index contributed by atoms with van der Waals surface area (Å²) in [6.07, 6.45) is 2.19. The van der Waals surface area contributed by atoms with E-state index in [-0.39, 0.29) is 0 Å². The lowest BCUT2D eigenvalue weighted by Gasteiger charge is -2.25. The summed E-state index contributed by atoms with van der Waals surface area (Å²) in [7, 11) is 0. The lowest BCUT2D eigenvalue weighted by Crippen LogP contribution is -2.35. The minimum absolute atomic E-state index is 0.574. The highest BCUT2D eigenvalue weighted by Gasteiger charge is 2.15. The van der Waals surface area contributed by atoms with Crippen LogP contribution in [0.4, 0.5) is 0 Å². The SMILES string of the molecule is CCc1nc(CN2CCOCC2)sc1CNC(C)CC. The number of aromatic nitrogens is 1. The predicted molar refractivity (Wildman–Crippen MR) is 84.2 cm³/mol. The third-order valence-electron chi connectivity index (χ3n) is 3.84. The van der Waals surface area contributed by atoms with Crippen molar-refractivity contribution in [1.29, 1.82) is 0 Å². The fourth-order valence-corrected chi connectivity index (χ4v) is 3.43. The van der Waals surface area contributed by atoms with Crippen molar-refractivity contribution >= 4 is 11.3 Å². The third-order valence-corrected chi connectivity index (χ3v) is 4.93. The van der Waals surface area contributed by atoms with Gasteiger partial charge in [-0.2, -0.15) is 0 Å². The number of ether oxygens (including phenoxy) is 1. The molecule has 1 N–H and O–H groups in total. The van der Waals surface area contributed by atoms with Gasteiger partial charge in [0.2, 0.25) is 0 Å². The molecule has 2 rings (SSSR count). The Morgan fingerprint density at radius 3 is 2.75 bits per heavy atom. The highest BCUT2D eigenvalue weighted by molar-refractivity contribution is 7.11. The summed E-state index contributed by atoms with van der Waals surface area (Å²) in [6.45, 7) is 12.4. The average Bonchev–Trinajstić information content (AvgIpc) is 2.87. The Bertz CT molecular complexity index is 402.